The first-order valence-electron chi connectivity index (χ1n) is 7.32. The number of fused-ring (bicyclic) bond motifs is 1. The molecule has 3 N–H and O–H groups in total. The highest BCUT2D eigenvalue weighted by Gasteiger charge is 2.13. The summed E-state index contributed by atoms with van der Waals surface area (Å²) in [6, 6.07) is 5.93. The SMILES string of the molecule is Nc1ccc(NCCC2CCCCO2)c2cnccc12. The summed E-state index contributed by atoms with van der Waals surface area (Å²) in [5.74, 6) is 0. The van der Waals surface area contributed by atoms with Crippen molar-refractivity contribution in [3.05, 3.63) is 30.6 Å². The Kier molecular flexibility index (Phi) is 4.02. The summed E-state index contributed by atoms with van der Waals surface area (Å²) in [5.41, 5.74) is 7.89. The number of aromatic nitrogens is 1. The van der Waals surface area contributed by atoms with E-state index < -0.39 is 0 Å². The fourth-order valence-corrected chi connectivity index (χ4v) is 2.77. The molecular formula is C16H21N3O. The van der Waals surface area contributed by atoms with Crippen LogP contribution in [0.2, 0.25) is 0 Å². The molecule has 4 nitrogen and oxygen atoms in total. The first-order chi connectivity index (χ1) is 9.84. The quantitative estimate of drug-likeness (QED) is 0.838. The second-order valence-electron chi connectivity index (χ2n) is 5.33. The summed E-state index contributed by atoms with van der Waals surface area (Å²) in [6.45, 7) is 1.83. The molecule has 1 aromatic heterocycles. The van der Waals surface area contributed by atoms with E-state index in [1.54, 1.807) is 6.20 Å². The number of hydrogen-bond acceptors (Lipinski definition) is 4. The highest BCUT2D eigenvalue weighted by Crippen LogP contribution is 2.27. The average molecular weight is 271 g/mol. The zero-order valence-corrected chi connectivity index (χ0v) is 11.6. The Balaban J connectivity index is 1.67. The summed E-state index contributed by atoms with van der Waals surface area (Å²) in [7, 11) is 0. The van der Waals surface area contributed by atoms with Crippen LogP contribution in [0.3, 0.4) is 0 Å². The Bertz CT molecular complexity index is 579. The molecule has 1 unspecified atom stereocenters. The Hall–Kier alpha value is -1.81. The van der Waals surface area contributed by atoms with Gasteiger partial charge in [0.25, 0.3) is 0 Å². The lowest BCUT2D eigenvalue weighted by molar-refractivity contribution is 0.0134. The second-order valence-corrected chi connectivity index (χ2v) is 5.33. The van der Waals surface area contributed by atoms with E-state index in [4.69, 9.17) is 10.5 Å². The van der Waals surface area contributed by atoms with E-state index in [-0.39, 0.29) is 0 Å². The van der Waals surface area contributed by atoms with E-state index >= 15 is 0 Å². The van der Waals surface area contributed by atoms with Gasteiger partial charge in [0, 0.05) is 47.7 Å². The molecule has 1 saturated heterocycles. The van der Waals surface area contributed by atoms with Crippen LogP contribution in [0.25, 0.3) is 10.8 Å². The lowest BCUT2D eigenvalue weighted by atomic mass is 10.1. The number of nitrogens with two attached hydrogens (primary N) is 1. The number of benzene rings is 1. The molecule has 1 aromatic carbocycles. The van der Waals surface area contributed by atoms with Crippen molar-refractivity contribution in [3.63, 3.8) is 0 Å². The summed E-state index contributed by atoms with van der Waals surface area (Å²) < 4.78 is 5.75. The van der Waals surface area contributed by atoms with Crippen molar-refractivity contribution < 1.29 is 4.74 Å². The summed E-state index contributed by atoms with van der Waals surface area (Å²) in [6.07, 6.45) is 8.79. The highest BCUT2D eigenvalue weighted by atomic mass is 16.5. The van der Waals surface area contributed by atoms with Gasteiger partial charge in [-0.25, -0.2) is 0 Å². The van der Waals surface area contributed by atoms with Gasteiger partial charge in [0.2, 0.25) is 0 Å². The molecule has 1 fully saturated rings. The van der Waals surface area contributed by atoms with E-state index in [0.29, 0.717) is 6.10 Å². The maximum absolute atomic E-state index is 6.00. The Morgan fingerprint density at radius 1 is 1.25 bits per heavy atom. The molecule has 0 radical (unpaired) electrons. The minimum absolute atomic E-state index is 0.412. The van der Waals surface area contributed by atoms with E-state index in [2.05, 4.69) is 10.3 Å². The summed E-state index contributed by atoms with van der Waals surface area (Å²) in [4.78, 5) is 4.19. The van der Waals surface area contributed by atoms with Crippen LogP contribution in [0.5, 0.6) is 0 Å². The van der Waals surface area contributed by atoms with Crippen molar-refractivity contribution in [1.82, 2.24) is 4.98 Å². The molecule has 0 saturated carbocycles. The fraction of sp³-hybridized carbons (Fsp3) is 0.438. The molecule has 3 rings (SSSR count). The van der Waals surface area contributed by atoms with Gasteiger partial charge in [-0.05, 0) is 43.9 Å². The molecule has 0 aliphatic carbocycles. The van der Waals surface area contributed by atoms with Crippen molar-refractivity contribution in [2.75, 3.05) is 24.2 Å². The smallest absolute Gasteiger partial charge is 0.0591 e. The lowest BCUT2D eigenvalue weighted by Gasteiger charge is -2.22. The Labute approximate surface area is 119 Å². The monoisotopic (exact) mass is 271 g/mol. The molecule has 0 amide bonds. The maximum atomic E-state index is 6.00. The van der Waals surface area contributed by atoms with Crippen LogP contribution in [0.4, 0.5) is 11.4 Å². The van der Waals surface area contributed by atoms with Crippen LogP contribution < -0.4 is 11.1 Å². The van der Waals surface area contributed by atoms with Crippen LogP contribution in [0.1, 0.15) is 25.7 Å². The molecule has 0 spiro atoms. The third kappa shape index (κ3) is 2.85. The zero-order valence-electron chi connectivity index (χ0n) is 11.6. The molecule has 0 bridgehead atoms. The number of nitrogen functional groups attached to an aromatic ring is 1. The van der Waals surface area contributed by atoms with E-state index in [0.717, 1.165) is 41.7 Å². The topological polar surface area (TPSA) is 60.2 Å². The molecule has 106 valence electrons. The predicted octanol–water partition coefficient (Wildman–Crippen LogP) is 3.19. The number of ether oxygens (including phenoxy) is 1. The standard InChI is InChI=1S/C16H21N3O/c17-15-4-5-16(14-11-18-8-7-13(14)15)19-9-6-12-3-1-2-10-20-12/h4-5,7-8,11-12,19H,1-3,6,9-10,17H2. The number of nitrogens with zero attached hydrogens (tertiary/aromatic N) is 1. The van der Waals surface area contributed by atoms with Gasteiger partial charge in [0.05, 0.1) is 6.10 Å². The van der Waals surface area contributed by atoms with Crippen molar-refractivity contribution >= 4 is 22.1 Å². The van der Waals surface area contributed by atoms with Gasteiger partial charge in [-0.1, -0.05) is 0 Å². The fourth-order valence-electron chi connectivity index (χ4n) is 2.77. The lowest BCUT2D eigenvalue weighted by Crippen LogP contribution is -2.22. The van der Waals surface area contributed by atoms with Crippen molar-refractivity contribution in [2.24, 2.45) is 0 Å². The van der Waals surface area contributed by atoms with Crippen LogP contribution in [0.15, 0.2) is 30.6 Å². The number of hydrogen-bond donors (Lipinski definition) is 2. The number of rotatable bonds is 4. The van der Waals surface area contributed by atoms with Crippen LogP contribution in [-0.2, 0) is 4.74 Å². The van der Waals surface area contributed by atoms with Gasteiger partial charge >= 0.3 is 0 Å². The third-order valence-electron chi connectivity index (χ3n) is 3.91. The molecule has 4 heteroatoms. The molecule has 1 atom stereocenters. The van der Waals surface area contributed by atoms with Gasteiger partial charge < -0.3 is 15.8 Å². The first-order valence-corrected chi connectivity index (χ1v) is 7.32. The van der Waals surface area contributed by atoms with Gasteiger partial charge in [0.1, 0.15) is 0 Å². The Morgan fingerprint density at radius 2 is 2.20 bits per heavy atom. The second kappa shape index (κ2) is 6.09. The summed E-state index contributed by atoms with van der Waals surface area (Å²) >= 11 is 0. The number of pyridine rings is 1. The molecule has 1 aliphatic rings. The van der Waals surface area contributed by atoms with Gasteiger partial charge in [-0.3, -0.25) is 4.98 Å². The highest BCUT2D eigenvalue weighted by molar-refractivity contribution is 6.00. The van der Waals surface area contributed by atoms with E-state index in [1.807, 2.05) is 24.4 Å². The summed E-state index contributed by atoms with van der Waals surface area (Å²) in [5, 5.41) is 5.62. The molecule has 2 heterocycles. The minimum atomic E-state index is 0.412. The third-order valence-corrected chi connectivity index (χ3v) is 3.91. The number of nitrogens with one attached hydrogen (secondary N) is 1. The van der Waals surface area contributed by atoms with Gasteiger partial charge in [0.15, 0.2) is 0 Å². The van der Waals surface area contributed by atoms with E-state index in [9.17, 15) is 0 Å². The first kappa shape index (κ1) is 13.2. The molecule has 1 aliphatic heterocycles. The minimum Gasteiger partial charge on any atom is -0.398 e. The Morgan fingerprint density at radius 3 is 3.05 bits per heavy atom. The number of anilines is 2. The van der Waals surface area contributed by atoms with Crippen molar-refractivity contribution in [2.45, 2.75) is 31.8 Å². The van der Waals surface area contributed by atoms with Gasteiger partial charge in [-0.15, -0.1) is 0 Å². The van der Waals surface area contributed by atoms with Crippen LogP contribution in [-0.4, -0.2) is 24.2 Å². The zero-order chi connectivity index (χ0) is 13.8. The van der Waals surface area contributed by atoms with E-state index in [1.165, 1.54) is 19.3 Å². The van der Waals surface area contributed by atoms with Gasteiger partial charge in [-0.2, -0.15) is 0 Å². The largest absolute Gasteiger partial charge is 0.398 e. The molecule has 20 heavy (non-hydrogen) atoms. The van der Waals surface area contributed by atoms with Crippen LogP contribution >= 0.6 is 0 Å². The predicted molar refractivity (Wildman–Crippen MR) is 82.9 cm³/mol. The van der Waals surface area contributed by atoms with Crippen molar-refractivity contribution in [1.29, 1.82) is 0 Å². The molecular weight excluding hydrogens is 250 g/mol. The van der Waals surface area contributed by atoms with Crippen molar-refractivity contribution in [3.8, 4) is 0 Å². The normalized spacial score (nSPS) is 19.1. The molecule has 2 aromatic rings. The maximum Gasteiger partial charge on any atom is 0.0591 e. The average Bonchev–Trinajstić information content (AvgIpc) is 2.51. The van der Waals surface area contributed by atoms with Crippen LogP contribution in [0, 0.1) is 0 Å².